The molecule has 0 aromatic carbocycles. The summed E-state index contributed by atoms with van der Waals surface area (Å²) in [4.78, 5) is 16.3. The largest absolute Gasteiger partial charge is 0.476 e. The Hall–Kier alpha value is -1.76. The van der Waals surface area contributed by atoms with Crippen LogP contribution in [0.4, 0.5) is 0 Å². The fraction of sp³-hybridized carbons (Fsp3) is 0.455. The maximum atomic E-state index is 11.0. The first kappa shape index (κ1) is 12.7. The number of aryl methyl sites for hydroxylation is 3. The number of carbonyl (C=O) groups is 1. The highest BCUT2D eigenvalue weighted by molar-refractivity contribution is 7.09. The molecule has 0 spiro atoms. The van der Waals surface area contributed by atoms with E-state index in [-0.39, 0.29) is 5.69 Å². The van der Waals surface area contributed by atoms with Gasteiger partial charge in [0.1, 0.15) is 0 Å². The van der Waals surface area contributed by atoms with Crippen LogP contribution in [-0.4, -0.2) is 31.1 Å². The molecule has 0 aliphatic carbocycles. The van der Waals surface area contributed by atoms with Gasteiger partial charge in [0.15, 0.2) is 5.69 Å². The monoisotopic (exact) mass is 266 g/mol. The molecule has 0 aliphatic rings. The number of aromatic carboxylic acids is 1. The zero-order valence-electron chi connectivity index (χ0n) is 10.3. The van der Waals surface area contributed by atoms with Crippen molar-refractivity contribution in [2.75, 3.05) is 0 Å². The van der Waals surface area contributed by atoms with Gasteiger partial charge in [-0.25, -0.2) is 14.5 Å². The van der Waals surface area contributed by atoms with Gasteiger partial charge < -0.3 is 5.11 Å². The Morgan fingerprint density at radius 2 is 2.33 bits per heavy atom. The molecule has 2 heterocycles. The average Bonchev–Trinajstić information content (AvgIpc) is 2.92. The van der Waals surface area contributed by atoms with Crippen molar-refractivity contribution >= 4 is 17.3 Å². The Bertz CT molecular complexity index is 561. The molecule has 2 rings (SSSR count). The Balaban J connectivity index is 2.15. The van der Waals surface area contributed by atoms with Crippen LogP contribution in [0.2, 0.25) is 0 Å². The van der Waals surface area contributed by atoms with E-state index in [0.29, 0.717) is 18.7 Å². The van der Waals surface area contributed by atoms with Crippen LogP contribution in [-0.2, 0) is 19.4 Å². The number of carboxylic acid groups (broad SMARTS) is 1. The zero-order valence-corrected chi connectivity index (χ0v) is 11.1. The maximum Gasteiger partial charge on any atom is 0.358 e. The molecule has 0 unspecified atom stereocenters. The van der Waals surface area contributed by atoms with E-state index >= 15 is 0 Å². The quantitative estimate of drug-likeness (QED) is 0.888. The highest BCUT2D eigenvalue weighted by Crippen LogP contribution is 2.14. The number of hydrogen-bond donors (Lipinski definition) is 1. The molecule has 18 heavy (non-hydrogen) atoms. The van der Waals surface area contributed by atoms with E-state index < -0.39 is 5.97 Å². The van der Waals surface area contributed by atoms with Gasteiger partial charge in [0.25, 0.3) is 0 Å². The van der Waals surface area contributed by atoms with Gasteiger partial charge >= 0.3 is 5.97 Å². The molecule has 2 aromatic rings. The Morgan fingerprint density at radius 3 is 2.89 bits per heavy atom. The number of thiazole rings is 1. The summed E-state index contributed by atoms with van der Waals surface area (Å²) in [6.45, 7) is 4.50. The molecule has 7 heteroatoms. The third-order valence-electron chi connectivity index (χ3n) is 2.77. The van der Waals surface area contributed by atoms with Crippen molar-refractivity contribution in [1.82, 2.24) is 20.0 Å². The minimum absolute atomic E-state index is 0.0542. The minimum Gasteiger partial charge on any atom is -0.476 e. The van der Waals surface area contributed by atoms with Crippen molar-refractivity contribution in [3.05, 3.63) is 27.5 Å². The second-order valence-corrected chi connectivity index (χ2v) is 4.82. The highest BCUT2D eigenvalue weighted by Gasteiger charge is 2.17. The normalized spacial score (nSPS) is 10.8. The standard InChI is InChI=1S/C11H14N4O2S/c1-3-8-10(11(16)17)13-14-15(8)5-4-9-7(2)12-6-18-9/h6H,3-5H2,1-2H3,(H,16,17). The van der Waals surface area contributed by atoms with E-state index in [1.165, 1.54) is 4.88 Å². The van der Waals surface area contributed by atoms with Gasteiger partial charge in [0.2, 0.25) is 0 Å². The van der Waals surface area contributed by atoms with E-state index in [2.05, 4.69) is 15.3 Å². The zero-order chi connectivity index (χ0) is 13.1. The summed E-state index contributed by atoms with van der Waals surface area (Å²) in [7, 11) is 0. The predicted octanol–water partition coefficient (Wildman–Crippen LogP) is 1.55. The van der Waals surface area contributed by atoms with Crippen LogP contribution < -0.4 is 0 Å². The molecule has 96 valence electrons. The Kier molecular flexibility index (Phi) is 3.71. The predicted molar refractivity (Wildman–Crippen MR) is 66.9 cm³/mol. The molecule has 6 nitrogen and oxygen atoms in total. The fourth-order valence-electron chi connectivity index (χ4n) is 1.80. The highest BCUT2D eigenvalue weighted by atomic mass is 32.1. The van der Waals surface area contributed by atoms with E-state index in [1.54, 1.807) is 16.0 Å². The van der Waals surface area contributed by atoms with Gasteiger partial charge in [-0.1, -0.05) is 12.1 Å². The number of nitrogens with zero attached hydrogens (tertiary/aromatic N) is 4. The summed E-state index contributed by atoms with van der Waals surface area (Å²) in [6.07, 6.45) is 1.40. The van der Waals surface area contributed by atoms with E-state index in [1.807, 2.05) is 19.4 Å². The van der Waals surface area contributed by atoms with Crippen LogP contribution >= 0.6 is 11.3 Å². The van der Waals surface area contributed by atoms with Crippen LogP contribution in [0.5, 0.6) is 0 Å². The van der Waals surface area contributed by atoms with Crippen LogP contribution in [0.3, 0.4) is 0 Å². The van der Waals surface area contributed by atoms with Crippen molar-refractivity contribution < 1.29 is 9.90 Å². The summed E-state index contributed by atoms with van der Waals surface area (Å²) in [5.74, 6) is -1.02. The molecule has 1 N–H and O–H groups in total. The van der Waals surface area contributed by atoms with Gasteiger partial charge in [-0.05, 0) is 13.3 Å². The SMILES string of the molecule is CCc1c(C(=O)O)nnn1CCc1scnc1C. The van der Waals surface area contributed by atoms with Crippen molar-refractivity contribution in [2.24, 2.45) is 0 Å². The first-order valence-electron chi connectivity index (χ1n) is 5.68. The summed E-state index contributed by atoms with van der Waals surface area (Å²) in [5, 5.41) is 16.6. The van der Waals surface area contributed by atoms with Gasteiger partial charge in [0, 0.05) is 17.8 Å². The van der Waals surface area contributed by atoms with E-state index in [4.69, 9.17) is 5.11 Å². The number of rotatable bonds is 5. The van der Waals surface area contributed by atoms with Crippen molar-refractivity contribution in [3.63, 3.8) is 0 Å². The summed E-state index contributed by atoms with van der Waals surface area (Å²) < 4.78 is 1.67. The summed E-state index contributed by atoms with van der Waals surface area (Å²) in [5.41, 5.74) is 3.56. The molecule has 0 radical (unpaired) electrons. The molecule has 0 fully saturated rings. The van der Waals surface area contributed by atoms with Crippen LogP contribution in [0.15, 0.2) is 5.51 Å². The topological polar surface area (TPSA) is 80.9 Å². The molecular formula is C11H14N4O2S. The lowest BCUT2D eigenvalue weighted by atomic mass is 10.2. The van der Waals surface area contributed by atoms with Gasteiger partial charge in [0.05, 0.1) is 16.9 Å². The van der Waals surface area contributed by atoms with Gasteiger partial charge in [-0.2, -0.15) is 0 Å². The summed E-state index contributed by atoms with van der Waals surface area (Å²) >= 11 is 1.61. The average molecular weight is 266 g/mol. The van der Waals surface area contributed by atoms with Crippen molar-refractivity contribution in [3.8, 4) is 0 Å². The Morgan fingerprint density at radius 1 is 1.56 bits per heavy atom. The van der Waals surface area contributed by atoms with Crippen LogP contribution in [0.1, 0.15) is 33.7 Å². The second-order valence-electron chi connectivity index (χ2n) is 3.88. The first-order valence-corrected chi connectivity index (χ1v) is 6.56. The van der Waals surface area contributed by atoms with Crippen LogP contribution in [0, 0.1) is 6.92 Å². The number of carboxylic acids is 1. The molecule has 0 aliphatic heterocycles. The molecule has 0 saturated carbocycles. The van der Waals surface area contributed by atoms with Crippen molar-refractivity contribution in [2.45, 2.75) is 33.2 Å². The Labute approximate surface area is 108 Å². The third kappa shape index (κ3) is 2.40. The molecular weight excluding hydrogens is 252 g/mol. The fourth-order valence-corrected chi connectivity index (χ4v) is 2.57. The lowest BCUT2D eigenvalue weighted by Gasteiger charge is -2.04. The first-order chi connectivity index (χ1) is 8.63. The molecule has 0 saturated heterocycles. The molecule has 0 amide bonds. The lowest BCUT2D eigenvalue weighted by Crippen LogP contribution is -2.09. The third-order valence-corrected chi connectivity index (χ3v) is 3.77. The maximum absolute atomic E-state index is 11.0. The van der Waals surface area contributed by atoms with Gasteiger partial charge in [-0.15, -0.1) is 16.4 Å². The number of hydrogen-bond acceptors (Lipinski definition) is 5. The van der Waals surface area contributed by atoms with Gasteiger partial charge in [-0.3, -0.25) is 0 Å². The summed E-state index contributed by atoms with van der Waals surface area (Å²) in [6, 6.07) is 0. The minimum atomic E-state index is -1.02. The smallest absolute Gasteiger partial charge is 0.358 e. The van der Waals surface area contributed by atoms with Crippen molar-refractivity contribution in [1.29, 1.82) is 0 Å². The number of aromatic nitrogens is 4. The molecule has 0 bridgehead atoms. The van der Waals surface area contributed by atoms with Crippen LogP contribution in [0.25, 0.3) is 0 Å². The molecule has 2 aromatic heterocycles. The van der Waals surface area contributed by atoms with E-state index in [0.717, 1.165) is 12.1 Å². The second kappa shape index (κ2) is 5.26. The lowest BCUT2D eigenvalue weighted by molar-refractivity contribution is 0.0689. The van der Waals surface area contributed by atoms with E-state index in [9.17, 15) is 4.79 Å². The molecule has 0 atom stereocenters.